The van der Waals surface area contributed by atoms with Crippen molar-refractivity contribution in [2.75, 3.05) is 24.9 Å². The number of aromatic nitrogens is 4. The van der Waals surface area contributed by atoms with Crippen molar-refractivity contribution in [2.24, 2.45) is 0 Å². The van der Waals surface area contributed by atoms with Crippen molar-refractivity contribution in [1.82, 2.24) is 19.7 Å². The van der Waals surface area contributed by atoms with Gasteiger partial charge in [-0.05, 0) is 42.8 Å². The summed E-state index contributed by atoms with van der Waals surface area (Å²) in [5.74, 6) is 2.04. The van der Waals surface area contributed by atoms with Crippen LogP contribution in [0.4, 0.5) is 11.6 Å². The molecule has 1 aliphatic heterocycles. The molecular weight excluding hydrogens is 444 g/mol. The summed E-state index contributed by atoms with van der Waals surface area (Å²) < 4.78 is 12.5. The second kappa shape index (κ2) is 9.30. The molecule has 0 aliphatic carbocycles. The first-order chi connectivity index (χ1) is 17.1. The number of benzene rings is 2. The van der Waals surface area contributed by atoms with Gasteiger partial charge in [0.15, 0.2) is 5.82 Å². The van der Waals surface area contributed by atoms with Crippen LogP contribution in [0.15, 0.2) is 84.3 Å². The first kappa shape index (κ1) is 22.1. The molecule has 1 amide bonds. The number of nitrogens with one attached hydrogen (secondary N) is 2. The van der Waals surface area contributed by atoms with Crippen LogP contribution in [0.1, 0.15) is 18.5 Å². The number of methoxy groups -OCH3 is 2. The Morgan fingerprint density at radius 1 is 1.06 bits per heavy atom. The zero-order chi connectivity index (χ0) is 24.4. The molecule has 4 aromatic rings. The van der Waals surface area contributed by atoms with Gasteiger partial charge in [0, 0.05) is 23.7 Å². The van der Waals surface area contributed by atoms with Crippen molar-refractivity contribution in [1.29, 1.82) is 0 Å². The molecule has 0 bridgehead atoms. The third-order valence-electron chi connectivity index (χ3n) is 5.78. The largest absolute Gasteiger partial charge is 0.497 e. The summed E-state index contributed by atoms with van der Waals surface area (Å²) >= 11 is 0. The highest BCUT2D eigenvalue weighted by molar-refractivity contribution is 6.06. The van der Waals surface area contributed by atoms with Crippen molar-refractivity contribution in [3.05, 3.63) is 89.9 Å². The number of carbonyl (C=O) groups excluding carboxylic acids is 1. The zero-order valence-corrected chi connectivity index (χ0v) is 19.5. The Morgan fingerprint density at radius 2 is 1.91 bits per heavy atom. The first-order valence-corrected chi connectivity index (χ1v) is 11.0. The average Bonchev–Trinajstić information content (AvgIpc) is 3.32. The number of hydrogen-bond donors (Lipinski definition) is 2. The van der Waals surface area contributed by atoms with Crippen LogP contribution >= 0.6 is 0 Å². The number of carbonyl (C=O) groups is 1. The maximum absolute atomic E-state index is 13.6. The van der Waals surface area contributed by atoms with E-state index in [0.717, 1.165) is 11.1 Å². The molecule has 2 N–H and O–H groups in total. The number of pyridine rings is 1. The van der Waals surface area contributed by atoms with E-state index < -0.39 is 6.04 Å². The van der Waals surface area contributed by atoms with Crippen LogP contribution < -0.4 is 20.1 Å². The normalized spacial score (nSPS) is 14.7. The number of hydrogen-bond acceptors (Lipinski definition) is 7. The van der Waals surface area contributed by atoms with Crippen molar-refractivity contribution >= 4 is 17.5 Å². The predicted octanol–water partition coefficient (Wildman–Crippen LogP) is 4.28. The van der Waals surface area contributed by atoms with Crippen LogP contribution in [-0.2, 0) is 4.79 Å². The van der Waals surface area contributed by atoms with Gasteiger partial charge in [-0.25, -0.2) is 4.68 Å². The topological polar surface area (TPSA) is 103 Å². The van der Waals surface area contributed by atoms with E-state index in [9.17, 15) is 4.79 Å². The SMILES string of the molecule is COc1cccc(-c2nc3n(n2)[C@@H](c2cccnc2)C(C(=O)Nc2ccccc2OC)=C(C)N3)c1. The Bertz CT molecular complexity index is 1410. The quantitative estimate of drug-likeness (QED) is 0.435. The van der Waals surface area contributed by atoms with Gasteiger partial charge in [-0.1, -0.05) is 30.3 Å². The number of rotatable bonds is 6. The zero-order valence-electron chi connectivity index (χ0n) is 19.5. The van der Waals surface area contributed by atoms with E-state index in [1.54, 1.807) is 43.4 Å². The Hall–Kier alpha value is -4.66. The molecule has 1 aliphatic rings. The van der Waals surface area contributed by atoms with Gasteiger partial charge < -0.3 is 20.1 Å². The van der Waals surface area contributed by atoms with Crippen molar-refractivity contribution in [3.8, 4) is 22.9 Å². The fraction of sp³-hybridized carbons (Fsp3) is 0.154. The maximum atomic E-state index is 13.6. The van der Waals surface area contributed by atoms with Crippen molar-refractivity contribution in [3.63, 3.8) is 0 Å². The summed E-state index contributed by atoms with van der Waals surface area (Å²) in [6, 6.07) is 18.0. The number of para-hydroxylation sites is 2. The molecule has 9 heteroatoms. The lowest BCUT2D eigenvalue weighted by atomic mass is 9.96. The summed E-state index contributed by atoms with van der Waals surface area (Å²) in [5.41, 5.74) is 3.35. The fourth-order valence-electron chi connectivity index (χ4n) is 4.11. The number of fused-ring (bicyclic) bond motifs is 1. The van der Waals surface area contributed by atoms with E-state index in [4.69, 9.17) is 19.6 Å². The molecule has 9 nitrogen and oxygen atoms in total. The van der Waals surface area contributed by atoms with E-state index >= 15 is 0 Å². The third kappa shape index (κ3) is 4.19. The minimum absolute atomic E-state index is 0.280. The second-order valence-electron chi connectivity index (χ2n) is 7.94. The Balaban J connectivity index is 1.58. The molecule has 2 aromatic carbocycles. The lowest BCUT2D eigenvalue weighted by Crippen LogP contribution is -2.31. The van der Waals surface area contributed by atoms with Gasteiger partial charge in [0.05, 0.1) is 25.5 Å². The van der Waals surface area contributed by atoms with E-state index in [-0.39, 0.29) is 5.91 Å². The molecule has 3 heterocycles. The fourth-order valence-corrected chi connectivity index (χ4v) is 4.11. The van der Waals surface area contributed by atoms with Crippen LogP contribution in [0.3, 0.4) is 0 Å². The van der Waals surface area contributed by atoms with Gasteiger partial charge in [0.25, 0.3) is 5.91 Å². The highest BCUT2D eigenvalue weighted by atomic mass is 16.5. The van der Waals surface area contributed by atoms with Crippen molar-refractivity contribution < 1.29 is 14.3 Å². The minimum Gasteiger partial charge on any atom is -0.497 e. The van der Waals surface area contributed by atoms with Gasteiger partial charge in [-0.2, -0.15) is 4.98 Å². The second-order valence-corrected chi connectivity index (χ2v) is 7.94. The van der Waals surface area contributed by atoms with Crippen molar-refractivity contribution in [2.45, 2.75) is 13.0 Å². The molecule has 0 saturated carbocycles. The van der Waals surface area contributed by atoms with Crippen LogP contribution in [0.2, 0.25) is 0 Å². The summed E-state index contributed by atoms with van der Waals surface area (Å²) in [5, 5.41) is 11.0. The number of anilines is 2. The number of amides is 1. The minimum atomic E-state index is -0.540. The molecule has 176 valence electrons. The molecule has 0 saturated heterocycles. The molecule has 5 rings (SSSR count). The van der Waals surface area contributed by atoms with Crippen LogP contribution in [0, 0.1) is 0 Å². The first-order valence-electron chi connectivity index (χ1n) is 11.0. The van der Waals surface area contributed by atoms with Crippen LogP contribution in [0.5, 0.6) is 11.5 Å². The maximum Gasteiger partial charge on any atom is 0.255 e. The standard InChI is InChI=1S/C26H24N6O3/c1-16-22(25(33)29-20-11-4-5-12-21(20)35-3)23(18-9-7-13-27-15-18)32-26(28-16)30-24(31-32)17-8-6-10-19(14-17)34-2/h4-15,23H,1-3H3,(H,29,33)(H,28,30,31)/t23-/m0/s1. The smallest absolute Gasteiger partial charge is 0.255 e. The lowest BCUT2D eigenvalue weighted by molar-refractivity contribution is -0.113. The molecule has 0 radical (unpaired) electrons. The van der Waals surface area contributed by atoms with E-state index in [1.165, 1.54) is 0 Å². The number of ether oxygens (including phenoxy) is 2. The van der Waals surface area contributed by atoms with E-state index in [1.807, 2.05) is 55.5 Å². The number of nitrogens with zero attached hydrogens (tertiary/aromatic N) is 4. The lowest BCUT2D eigenvalue weighted by Gasteiger charge is -2.28. The third-order valence-corrected chi connectivity index (χ3v) is 5.78. The van der Waals surface area contributed by atoms with Gasteiger partial charge in [-0.3, -0.25) is 9.78 Å². The molecule has 35 heavy (non-hydrogen) atoms. The predicted molar refractivity (Wildman–Crippen MR) is 132 cm³/mol. The molecule has 1 atom stereocenters. The van der Waals surface area contributed by atoms with Gasteiger partial charge >= 0.3 is 0 Å². The van der Waals surface area contributed by atoms with Gasteiger partial charge in [0.1, 0.15) is 17.5 Å². The Labute approximate surface area is 202 Å². The van der Waals surface area contributed by atoms with Gasteiger partial charge in [0.2, 0.25) is 5.95 Å². The molecular formula is C26H24N6O3. The highest BCUT2D eigenvalue weighted by Gasteiger charge is 2.35. The van der Waals surface area contributed by atoms with Gasteiger partial charge in [-0.15, -0.1) is 5.10 Å². The highest BCUT2D eigenvalue weighted by Crippen LogP contribution is 2.37. The molecule has 0 fully saturated rings. The molecule has 2 aromatic heterocycles. The Kier molecular flexibility index (Phi) is 5.88. The molecule has 0 unspecified atom stereocenters. The van der Waals surface area contributed by atoms with E-state index in [2.05, 4.69) is 15.6 Å². The molecule has 0 spiro atoms. The van der Waals surface area contributed by atoms with E-state index in [0.29, 0.717) is 40.2 Å². The summed E-state index contributed by atoms with van der Waals surface area (Å²) in [7, 11) is 3.18. The Morgan fingerprint density at radius 3 is 2.69 bits per heavy atom. The van der Waals surface area contributed by atoms with Crippen LogP contribution in [0.25, 0.3) is 11.4 Å². The number of allylic oxidation sites excluding steroid dienone is 1. The summed E-state index contributed by atoms with van der Waals surface area (Å²) in [4.78, 5) is 22.6. The summed E-state index contributed by atoms with van der Waals surface area (Å²) in [6.45, 7) is 1.85. The average molecular weight is 469 g/mol. The monoisotopic (exact) mass is 468 g/mol. The summed E-state index contributed by atoms with van der Waals surface area (Å²) in [6.07, 6.45) is 3.43. The van der Waals surface area contributed by atoms with Crippen LogP contribution in [-0.4, -0.2) is 39.9 Å².